The van der Waals surface area contributed by atoms with Gasteiger partial charge in [0.2, 0.25) is 0 Å². The van der Waals surface area contributed by atoms with Crippen molar-refractivity contribution < 1.29 is 10.2 Å². The Morgan fingerprint density at radius 1 is 1.15 bits per heavy atom. The standard InChI is InChI=1S/C23H32N2O2/c1-17(27)4-5-18-8-10-20(11-9-18)23-21-15-24(14-19-6-7-19)12-2-3-13-25(21)22(23)16-26/h8-11,17,19,21-23,26-27H,2-3,6-7,12-16H2,1H3/t17-,21+,22-,23-/m1/s1. The number of benzene rings is 1. The summed E-state index contributed by atoms with van der Waals surface area (Å²) in [5.41, 5.74) is 2.24. The zero-order chi connectivity index (χ0) is 18.8. The summed E-state index contributed by atoms with van der Waals surface area (Å²) in [5.74, 6) is 7.14. The van der Waals surface area contributed by atoms with Crippen LogP contribution >= 0.6 is 0 Å². The van der Waals surface area contributed by atoms with E-state index in [0.29, 0.717) is 12.0 Å². The first-order valence-electron chi connectivity index (χ1n) is 10.5. The first-order chi connectivity index (χ1) is 13.2. The van der Waals surface area contributed by atoms with Gasteiger partial charge in [0.1, 0.15) is 6.10 Å². The van der Waals surface area contributed by atoms with Crippen LogP contribution in [-0.4, -0.2) is 71.0 Å². The van der Waals surface area contributed by atoms with Crippen LogP contribution in [0.5, 0.6) is 0 Å². The molecule has 3 fully saturated rings. The Morgan fingerprint density at radius 2 is 1.89 bits per heavy atom. The van der Waals surface area contributed by atoms with Crippen LogP contribution in [0.15, 0.2) is 24.3 Å². The fourth-order valence-electron chi connectivity index (χ4n) is 4.82. The van der Waals surface area contributed by atoms with Crippen LogP contribution in [0.3, 0.4) is 0 Å². The Labute approximate surface area is 163 Å². The van der Waals surface area contributed by atoms with Crippen molar-refractivity contribution in [3.63, 3.8) is 0 Å². The molecule has 2 saturated heterocycles. The molecule has 2 heterocycles. The van der Waals surface area contributed by atoms with Gasteiger partial charge in [-0.15, -0.1) is 0 Å². The van der Waals surface area contributed by atoms with E-state index in [2.05, 4.69) is 33.8 Å². The minimum absolute atomic E-state index is 0.230. The fourth-order valence-corrected chi connectivity index (χ4v) is 4.82. The van der Waals surface area contributed by atoms with E-state index in [4.69, 9.17) is 0 Å². The Kier molecular flexibility index (Phi) is 5.85. The molecule has 27 heavy (non-hydrogen) atoms. The smallest absolute Gasteiger partial charge is 0.112 e. The number of hydrogen-bond acceptors (Lipinski definition) is 4. The third-order valence-corrected chi connectivity index (χ3v) is 6.39. The molecule has 4 atom stereocenters. The van der Waals surface area contributed by atoms with Gasteiger partial charge >= 0.3 is 0 Å². The summed E-state index contributed by atoms with van der Waals surface area (Å²) < 4.78 is 0. The fraction of sp³-hybridized carbons (Fsp3) is 0.652. The van der Waals surface area contributed by atoms with Gasteiger partial charge in [0.05, 0.1) is 6.61 Å². The van der Waals surface area contributed by atoms with Crippen molar-refractivity contribution >= 4 is 0 Å². The lowest BCUT2D eigenvalue weighted by Gasteiger charge is -2.57. The van der Waals surface area contributed by atoms with Gasteiger partial charge < -0.3 is 15.1 Å². The molecular formula is C23H32N2O2. The summed E-state index contributed by atoms with van der Waals surface area (Å²) >= 11 is 0. The molecule has 0 unspecified atom stereocenters. The predicted molar refractivity (Wildman–Crippen MR) is 108 cm³/mol. The molecule has 0 amide bonds. The highest BCUT2D eigenvalue weighted by Gasteiger charge is 2.49. The van der Waals surface area contributed by atoms with Crippen LogP contribution in [-0.2, 0) is 0 Å². The van der Waals surface area contributed by atoms with Crippen molar-refractivity contribution in [2.45, 2.75) is 56.7 Å². The number of fused-ring (bicyclic) bond motifs is 1. The largest absolute Gasteiger partial charge is 0.395 e. The molecule has 4 heteroatoms. The van der Waals surface area contributed by atoms with Crippen molar-refractivity contribution in [3.05, 3.63) is 35.4 Å². The average Bonchev–Trinajstić information content (AvgIpc) is 3.45. The maximum absolute atomic E-state index is 10.0. The molecule has 4 nitrogen and oxygen atoms in total. The summed E-state index contributed by atoms with van der Waals surface area (Å²) in [6.07, 6.45) is 4.71. The summed E-state index contributed by atoms with van der Waals surface area (Å²) in [5, 5.41) is 19.4. The molecule has 2 aliphatic heterocycles. The lowest BCUT2D eigenvalue weighted by Crippen LogP contribution is -2.67. The van der Waals surface area contributed by atoms with Crippen molar-refractivity contribution in [2.75, 3.05) is 32.8 Å². The van der Waals surface area contributed by atoms with Gasteiger partial charge in [-0.25, -0.2) is 0 Å². The normalized spacial score (nSPS) is 30.3. The molecule has 1 aliphatic carbocycles. The topological polar surface area (TPSA) is 46.9 Å². The van der Waals surface area contributed by atoms with Gasteiger partial charge in [0.15, 0.2) is 0 Å². The van der Waals surface area contributed by atoms with Gasteiger partial charge in [-0.2, -0.15) is 0 Å². The molecule has 3 aliphatic rings. The molecular weight excluding hydrogens is 336 g/mol. The maximum Gasteiger partial charge on any atom is 0.112 e. The molecule has 0 radical (unpaired) electrons. The zero-order valence-corrected chi connectivity index (χ0v) is 16.3. The lowest BCUT2D eigenvalue weighted by molar-refractivity contribution is -0.0649. The number of rotatable bonds is 4. The quantitative estimate of drug-likeness (QED) is 0.799. The van der Waals surface area contributed by atoms with Crippen LogP contribution in [0.4, 0.5) is 0 Å². The molecule has 1 aromatic carbocycles. The van der Waals surface area contributed by atoms with Gasteiger partial charge in [0, 0.05) is 36.7 Å². The number of aliphatic hydroxyl groups is 2. The van der Waals surface area contributed by atoms with Gasteiger partial charge in [0.25, 0.3) is 0 Å². The van der Waals surface area contributed by atoms with Gasteiger partial charge in [-0.3, -0.25) is 4.90 Å². The van der Waals surface area contributed by atoms with E-state index in [-0.39, 0.29) is 12.6 Å². The van der Waals surface area contributed by atoms with Crippen molar-refractivity contribution in [3.8, 4) is 11.8 Å². The highest BCUT2D eigenvalue weighted by Crippen LogP contribution is 2.42. The van der Waals surface area contributed by atoms with E-state index < -0.39 is 6.10 Å². The van der Waals surface area contributed by atoms with E-state index >= 15 is 0 Å². The Bertz CT molecular complexity index is 687. The SMILES string of the molecule is C[C@@H](O)C#Cc1ccc([C@H]2[C@@H](CO)N3CCCCN(CC4CC4)C[C@@H]23)cc1. The highest BCUT2D eigenvalue weighted by molar-refractivity contribution is 5.39. The molecule has 4 rings (SSSR count). The zero-order valence-electron chi connectivity index (χ0n) is 16.3. The van der Waals surface area contributed by atoms with Crippen LogP contribution in [0.1, 0.15) is 49.7 Å². The second-order valence-corrected chi connectivity index (χ2v) is 8.56. The van der Waals surface area contributed by atoms with E-state index in [1.807, 2.05) is 12.1 Å². The Morgan fingerprint density at radius 3 is 2.56 bits per heavy atom. The average molecular weight is 369 g/mol. The molecule has 1 aromatic rings. The second-order valence-electron chi connectivity index (χ2n) is 8.56. The number of nitrogens with zero attached hydrogens (tertiary/aromatic N) is 2. The van der Waals surface area contributed by atoms with Crippen molar-refractivity contribution in [2.24, 2.45) is 5.92 Å². The second kappa shape index (κ2) is 8.32. The van der Waals surface area contributed by atoms with E-state index in [9.17, 15) is 10.2 Å². The van der Waals surface area contributed by atoms with Crippen LogP contribution in [0.2, 0.25) is 0 Å². The highest BCUT2D eigenvalue weighted by atomic mass is 16.3. The molecule has 0 bridgehead atoms. The van der Waals surface area contributed by atoms with E-state index in [1.54, 1.807) is 6.92 Å². The molecule has 0 spiro atoms. The lowest BCUT2D eigenvalue weighted by atomic mass is 9.74. The number of aliphatic hydroxyl groups excluding tert-OH is 2. The van der Waals surface area contributed by atoms with Gasteiger partial charge in [-0.1, -0.05) is 24.0 Å². The minimum Gasteiger partial charge on any atom is -0.395 e. The third kappa shape index (κ3) is 4.38. The molecule has 1 saturated carbocycles. The van der Waals surface area contributed by atoms with E-state index in [1.165, 1.54) is 44.3 Å². The van der Waals surface area contributed by atoms with Crippen molar-refractivity contribution in [1.82, 2.24) is 9.80 Å². The summed E-state index contributed by atoms with van der Waals surface area (Å²) in [6, 6.07) is 9.18. The summed E-state index contributed by atoms with van der Waals surface area (Å²) in [7, 11) is 0. The first-order valence-corrected chi connectivity index (χ1v) is 10.5. The summed E-state index contributed by atoms with van der Waals surface area (Å²) in [6.45, 7) is 6.63. The van der Waals surface area contributed by atoms with Crippen LogP contribution in [0, 0.1) is 17.8 Å². The summed E-state index contributed by atoms with van der Waals surface area (Å²) in [4.78, 5) is 5.22. The molecule has 0 aromatic heterocycles. The monoisotopic (exact) mass is 368 g/mol. The van der Waals surface area contributed by atoms with Gasteiger partial charge in [-0.05, 0) is 69.3 Å². The first kappa shape index (κ1) is 19.0. The van der Waals surface area contributed by atoms with Crippen LogP contribution in [0.25, 0.3) is 0 Å². The molecule has 2 N–H and O–H groups in total. The van der Waals surface area contributed by atoms with Crippen LogP contribution < -0.4 is 0 Å². The predicted octanol–water partition coefficient (Wildman–Crippen LogP) is 2.05. The third-order valence-electron chi connectivity index (χ3n) is 6.39. The number of hydrogen-bond donors (Lipinski definition) is 2. The Balaban J connectivity index is 1.50. The minimum atomic E-state index is -0.601. The molecule has 146 valence electrons. The Hall–Kier alpha value is -1.38. The maximum atomic E-state index is 10.0. The van der Waals surface area contributed by atoms with E-state index in [0.717, 1.165) is 24.6 Å². The van der Waals surface area contributed by atoms with Crippen molar-refractivity contribution in [1.29, 1.82) is 0 Å².